The Morgan fingerprint density at radius 1 is 0.822 bits per heavy atom. The Balaban J connectivity index is 1.66. The Labute approximate surface area is 255 Å². The predicted molar refractivity (Wildman–Crippen MR) is 164 cm³/mol. The number of hydrogen-bond donors (Lipinski definition) is 4. The van der Waals surface area contributed by atoms with Crippen molar-refractivity contribution in [1.29, 1.82) is 0 Å². The molecule has 4 N–H and O–H groups in total. The van der Waals surface area contributed by atoms with E-state index in [2.05, 4.69) is 0 Å². The minimum atomic E-state index is -1.55. The molecule has 230 valence electrons. The summed E-state index contributed by atoms with van der Waals surface area (Å²) in [6, 6.07) is 13.4. The van der Waals surface area contributed by atoms with Crippen molar-refractivity contribution in [3.8, 4) is 45.6 Å². The SMILES string of the molecule is COc1cc(OC)c2c(O)c3c(=O)cc(C)oc3c(-c3cc(C4=C(Cc5ccc(O)c(OC)c5)C(O)OC4=O)ccc3O)c2c1. The second-order valence-electron chi connectivity index (χ2n) is 10.5. The summed E-state index contributed by atoms with van der Waals surface area (Å²) in [5.41, 5.74) is 1.09. The van der Waals surface area contributed by atoms with Crippen molar-refractivity contribution in [2.75, 3.05) is 21.3 Å². The van der Waals surface area contributed by atoms with E-state index < -0.39 is 17.7 Å². The van der Waals surface area contributed by atoms with Crippen LogP contribution < -0.4 is 19.6 Å². The topological polar surface area (TPSA) is 165 Å². The highest BCUT2D eigenvalue weighted by atomic mass is 16.6. The summed E-state index contributed by atoms with van der Waals surface area (Å²) < 4.78 is 27.4. The lowest BCUT2D eigenvalue weighted by molar-refractivity contribution is -0.150. The van der Waals surface area contributed by atoms with Crippen LogP contribution in [0, 0.1) is 6.92 Å². The van der Waals surface area contributed by atoms with Crippen LogP contribution in [0.15, 0.2) is 69.4 Å². The van der Waals surface area contributed by atoms with Crippen LogP contribution in [0.25, 0.3) is 38.4 Å². The van der Waals surface area contributed by atoms with Gasteiger partial charge in [0.05, 0.1) is 32.3 Å². The van der Waals surface area contributed by atoms with Crippen LogP contribution >= 0.6 is 0 Å². The lowest BCUT2D eigenvalue weighted by Crippen LogP contribution is -2.11. The number of carbonyl (C=O) groups is 1. The number of cyclic esters (lactones) is 1. The second-order valence-corrected chi connectivity index (χ2v) is 10.5. The molecule has 1 unspecified atom stereocenters. The van der Waals surface area contributed by atoms with Gasteiger partial charge in [0.25, 0.3) is 0 Å². The molecule has 0 radical (unpaired) electrons. The maximum atomic E-state index is 13.2. The first-order chi connectivity index (χ1) is 21.6. The quantitative estimate of drug-likeness (QED) is 0.145. The summed E-state index contributed by atoms with van der Waals surface area (Å²) in [4.78, 5) is 26.4. The molecule has 0 aliphatic carbocycles. The number of carbonyl (C=O) groups excluding carboxylic acids is 1. The first kappa shape index (κ1) is 29.4. The third-order valence-electron chi connectivity index (χ3n) is 7.81. The van der Waals surface area contributed by atoms with Gasteiger partial charge in [-0.2, -0.15) is 0 Å². The number of ether oxygens (including phenoxy) is 4. The third kappa shape index (κ3) is 4.83. The van der Waals surface area contributed by atoms with Crippen LogP contribution in [0.5, 0.6) is 34.5 Å². The van der Waals surface area contributed by atoms with Gasteiger partial charge in [-0.25, -0.2) is 4.79 Å². The van der Waals surface area contributed by atoms with Crippen molar-refractivity contribution in [1.82, 2.24) is 0 Å². The molecule has 0 saturated carbocycles. The monoisotopic (exact) mass is 612 g/mol. The average molecular weight is 613 g/mol. The first-order valence-electron chi connectivity index (χ1n) is 13.7. The Bertz CT molecular complexity index is 2120. The van der Waals surface area contributed by atoms with Crippen LogP contribution in [0.1, 0.15) is 16.9 Å². The van der Waals surface area contributed by atoms with E-state index in [-0.39, 0.29) is 79.6 Å². The highest BCUT2D eigenvalue weighted by Gasteiger charge is 2.34. The van der Waals surface area contributed by atoms with Gasteiger partial charge in [0, 0.05) is 40.6 Å². The van der Waals surface area contributed by atoms with E-state index in [1.54, 1.807) is 31.2 Å². The van der Waals surface area contributed by atoms with E-state index in [4.69, 9.17) is 23.4 Å². The van der Waals surface area contributed by atoms with E-state index in [0.717, 1.165) is 0 Å². The van der Waals surface area contributed by atoms with Gasteiger partial charge >= 0.3 is 5.97 Å². The minimum absolute atomic E-state index is 0.00724. The molecule has 1 aromatic heterocycles. The Hall–Kier alpha value is -5.68. The number of aromatic hydroxyl groups is 3. The summed E-state index contributed by atoms with van der Waals surface area (Å²) in [5, 5.41) is 43.7. The van der Waals surface area contributed by atoms with Gasteiger partial charge in [-0.15, -0.1) is 0 Å². The van der Waals surface area contributed by atoms with Crippen molar-refractivity contribution in [2.24, 2.45) is 0 Å². The minimum Gasteiger partial charge on any atom is -0.507 e. The molecule has 0 spiro atoms. The zero-order valence-electron chi connectivity index (χ0n) is 24.6. The first-order valence-corrected chi connectivity index (χ1v) is 13.7. The fourth-order valence-corrected chi connectivity index (χ4v) is 5.74. The standard InChI is InChI=1S/C34H28O11/c1-15-9-24(37)30-31(38)29-20(13-18(41-2)14-26(29)43-4)28(32(30)44-15)19-12-17(6-8-22(19)35)27-21(33(39)45-34(27)40)10-16-5-7-23(36)25(11-16)42-3/h5-9,11-14,33,35-36,38-39H,10H2,1-4H3. The van der Waals surface area contributed by atoms with Crippen molar-refractivity contribution in [3.63, 3.8) is 0 Å². The normalized spacial score (nSPS) is 14.7. The summed E-state index contributed by atoms with van der Waals surface area (Å²) in [5.74, 6) is -0.406. The molecule has 1 aliphatic heterocycles. The van der Waals surface area contributed by atoms with Crippen molar-refractivity contribution < 1.29 is 48.6 Å². The van der Waals surface area contributed by atoms with E-state index in [9.17, 15) is 30.0 Å². The molecular weight excluding hydrogens is 584 g/mol. The number of methoxy groups -OCH3 is 3. The average Bonchev–Trinajstić information content (AvgIpc) is 3.29. The number of aliphatic hydroxyl groups is 1. The number of aryl methyl sites for hydroxylation is 1. The van der Waals surface area contributed by atoms with Gasteiger partial charge in [-0.1, -0.05) is 12.1 Å². The van der Waals surface area contributed by atoms with Gasteiger partial charge < -0.3 is 43.8 Å². The third-order valence-corrected chi connectivity index (χ3v) is 7.81. The zero-order valence-corrected chi connectivity index (χ0v) is 24.6. The highest BCUT2D eigenvalue weighted by Crippen LogP contribution is 2.49. The lowest BCUT2D eigenvalue weighted by atomic mass is 9.90. The molecule has 1 atom stereocenters. The molecule has 0 amide bonds. The molecule has 0 bridgehead atoms. The summed E-state index contributed by atoms with van der Waals surface area (Å²) in [6.07, 6.45) is -1.48. The number of aliphatic hydroxyl groups excluding tert-OH is 1. The van der Waals surface area contributed by atoms with Crippen molar-refractivity contribution in [3.05, 3.63) is 87.3 Å². The number of phenols is 3. The lowest BCUT2D eigenvalue weighted by Gasteiger charge is -2.18. The number of esters is 1. The van der Waals surface area contributed by atoms with Crippen LogP contribution in [0.4, 0.5) is 0 Å². The molecule has 5 aromatic rings. The van der Waals surface area contributed by atoms with Gasteiger partial charge in [0.1, 0.15) is 39.7 Å². The van der Waals surface area contributed by atoms with Gasteiger partial charge in [0.2, 0.25) is 6.29 Å². The molecule has 0 saturated heterocycles. The Kier molecular flexibility index (Phi) is 7.26. The fourth-order valence-electron chi connectivity index (χ4n) is 5.74. The van der Waals surface area contributed by atoms with Crippen molar-refractivity contribution in [2.45, 2.75) is 19.6 Å². The number of fused-ring (bicyclic) bond motifs is 2. The molecule has 6 rings (SSSR count). The molecular formula is C34H28O11. The van der Waals surface area contributed by atoms with E-state index in [0.29, 0.717) is 22.3 Å². The van der Waals surface area contributed by atoms with E-state index >= 15 is 0 Å². The second kappa shape index (κ2) is 11.1. The largest absolute Gasteiger partial charge is 0.507 e. The van der Waals surface area contributed by atoms with Gasteiger partial charge in [-0.05, 0) is 48.4 Å². The van der Waals surface area contributed by atoms with E-state index in [1.807, 2.05) is 0 Å². The molecule has 11 heteroatoms. The Morgan fingerprint density at radius 2 is 1.56 bits per heavy atom. The molecule has 0 fully saturated rings. The van der Waals surface area contributed by atoms with Crippen LogP contribution in [-0.2, 0) is 16.0 Å². The van der Waals surface area contributed by atoms with Crippen LogP contribution in [0.3, 0.4) is 0 Å². The van der Waals surface area contributed by atoms with E-state index in [1.165, 1.54) is 51.7 Å². The fraction of sp³-hybridized carbons (Fsp3) is 0.176. The summed E-state index contributed by atoms with van der Waals surface area (Å²) >= 11 is 0. The molecule has 4 aromatic carbocycles. The zero-order chi connectivity index (χ0) is 32.2. The number of phenolic OH excluding ortho intramolecular Hbond substituents is 3. The maximum absolute atomic E-state index is 13.2. The van der Waals surface area contributed by atoms with Crippen LogP contribution in [-0.4, -0.2) is 54.0 Å². The summed E-state index contributed by atoms with van der Waals surface area (Å²) in [6.45, 7) is 1.58. The smallest absolute Gasteiger partial charge is 0.341 e. The Morgan fingerprint density at radius 3 is 2.27 bits per heavy atom. The molecule has 1 aliphatic rings. The van der Waals surface area contributed by atoms with Crippen molar-refractivity contribution >= 4 is 33.3 Å². The maximum Gasteiger partial charge on any atom is 0.341 e. The van der Waals surface area contributed by atoms with Gasteiger partial charge in [0.15, 0.2) is 16.9 Å². The van der Waals surface area contributed by atoms with Gasteiger partial charge in [-0.3, -0.25) is 4.79 Å². The number of benzene rings is 4. The molecule has 11 nitrogen and oxygen atoms in total. The molecule has 45 heavy (non-hydrogen) atoms. The highest BCUT2D eigenvalue weighted by molar-refractivity contribution is 6.21. The predicted octanol–water partition coefficient (Wildman–Crippen LogP) is 4.94. The number of rotatable bonds is 7. The molecule has 2 heterocycles. The van der Waals surface area contributed by atoms with Crippen LogP contribution in [0.2, 0.25) is 0 Å². The summed E-state index contributed by atoms with van der Waals surface area (Å²) in [7, 11) is 4.27. The number of hydrogen-bond acceptors (Lipinski definition) is 11.